The lowest BCUT2D eigenvalue weighted by Crippen LogP contribution is -2.16. The molecule has 0 aromatic carbocycles. The topological polar surface area (TPSA) is 61.0 Å². The Labute approximate surface area is 103 Å². The molecule has 1 aromatic heterocycles. The van der Waals surface area contributed by atoms with Crippen LogP contribution in [0, 0.1) is 0 Å². The third kappa shape index (κ3) is 2.57. The summed E-state index contributed by atoms with van der Waals surface area (Å²) in [5, 5.41) is 0. The Morgan fingerprint density at radius 1 is 1.24 bits per heavy atom. The van der Waals surface area contributed by atoms with E-state index in [9.17, 15) is 0 Å². The molecule has 1 heterocycles. The molecule has 0 amide bonds. The Bertz CT molecular complexity index is 392. The molecule has 1 aromatic rings. The van der Waals surface area contributed by atoms with E-state index in [4.69, 9.17) is 10.5 Å². The molecule has 17 heavy (non-hydrogen) atoms. The van der Waals surface area contributed by atoms with Gasteiger partial charge in [-0.1, -0.05) is 6.92 Å². The Morgan fingerprint density at radius 3 is 2.71 bits per heavy atom. The van der Waals surface area contributed by atoms with Crippen LogP contribution in [0.2, 0.25) is 0 Å². The average Bonchev–Trinajstić information content (AvgIpc) is 2.36. The van der Waals surface area contributed by atoms with E-state index in [0.717, 1.165) is 36.3 Å². The van der Waals surface area contributed by atoms with Gasteiger partial charge < -0.3 is 10.5 Å². The summed E-state index contributed by atoms with van der Waals surface area (Å²) in [7, 11) is 0. The summed E-state index contributed by atoms with van der Waals surface area (Å²) in [4.78, 5) is 9.07. The van der Waals surface area contributed by atoms with E-state index >= 15 is 0 Å². The molecular formula is C13H21N3O. The second-order valence-electron chi connectivity index (χ2n) is 4.45. The number of rotatable bonds is 4. The van der Waals surface area contributed by atoms with Crippen molar-refractivity contribution in [3.8, 4) is 0 Å². The van der Waals surface area contributed by atoms with Gasteiger partial charge in [0.1, 0.15) is 11.9 Å². The molecular weight excluding hydrogens is 214 g/mol. The fourth-order valence-corrected chi connectivity index (χ4v) is 2.36. The van der Waals surface area contributed by atoms with Gasteiger partial charge in [-0.25, -0.2) is 9.97 Å². The maximum absolute atomic E-state index is 6.02. The monoisotopic (exact) mass is 235 g/mol. The largest absolute Gasteiger partial charge is 0.383 e. The highest BCUT2D eigenvalue weighted by atomic mass is 16.5. The number of aromatic nitrogens is 2. The lowest BCUT2D eigenvalue weighted by atomic mass is 9.96. The highest BCUT2D eigenvalue weighted by Crippen LogP contribution is 2.26. The maximum atomic E-state index is 6.02. The van der Waals surface area contributed by atoms with Crippen LogP contribution >= 0.6 is 0 Å². The number of ether oxygens (including phenoxy) is 1. The Balaban J connectivity index is 2.32. The third-order valence-corrected chi connectivity index (χ3v) is 3.26. The van der Waals surface area contributed by atoms with Gasteiger partial charge in [0.15, 0.2) is 5.82 Å². The van der Waals surface area contributed by atoms with Crippen LogP contribution in [-0.2, 0) is 17.6 Å². The molecule has 94 valence electrons. The number of nitrogens with zero attached hydrogens (tertiary/aromatic N) is 2. The smallest absolute Gasteiger partial charge is 0.159 e. The fourth-order valence-electron chi connectivity index (χ4n) is 2.36. The van der Waals surface area contributed by atoms with Crippen molar-refractivity contribution in [3.63, 3.8) is 0 Å². The zero-order chi connectivity index (χ0) is 12.3. The summed E-state index contributed by atoms with van der Waals surface area (Å²) in [5.41, 5.74) is 8.32. The van der Waals surface area contributed by atoms with Gasteiger partial charge in [0.2, 0.25) is 0 Å². The molecule has 1 unspecified atom stereocenters. The summed E-state index contributed by atoms with van der Waals surface area (Å²) in [6, 6.07) is 0. The summed E-state index contributed by atoms with van der Waals surface area (Å²) in [6.45, 7) is 4.75. The first-order chi connectivity index (χ1) is 8.26. The SMILES string of the molecule is CCOC(CC)c1nc(N)c2c(n1)CCCC2. The van der Waals surface area contributed by atoms with Crippen LogP contribution in [0.5, 0.6) is 0 Å². The van der Waals surface area contributed by atoms with E-state index in [-0.39, 0.29) is 6.10 Å². The molecule has 0 saturated heterocycles. The van der Waals surface area contributed by atoms with Gasteiger partial charge >= 0.3 is 0 Å². The summed E-state index contributed by atoms with van der Waals surface area (Å²) in [6.07, 6.45) is 5.31. The second-order valence-corrected chi connectivity index (χ2v) is 4.45. The van der Waals surface area contributed by atoms with E-state index < -0.39 is 0 Å². The fraction of sp³-hybridized carbons (Fsp3) is 0.692. The van der Waals surface area contributed by atoms with Crippen LogP contribution < -0.4 is 5.73 Å². The molecule has 1 atom stereocenters. The van der Waals surface area contributed by atoms with Crippen molar-refractivity contribution >= 4 is 5.82 Å². The lowest BCUT2D eigenvalue weighted by molar-refractivity contribution is 0.0533. The third-order valence-electron chi connectivity index (χ3n) is 3.26. The minimum absolute atomic E-state index is 0.0190. The minimum Gasteiger partial charge on any atom is -0.383 e. The molecule has 0 radical (unpaired) electrons. The van der Waals surface area contributed by atoms with Crippen molar-refractivity contribution in [2.75, 3.05) is 12.3 Å². The van der Waals surface area contributed by atoms with Crippen LogP contribution in [0.25, 0.3) is 0 Å². The number of anilines is 1. The van der Waals surface area contributed by atoms with Gasteiger partial charge in [-0.05, 0) is 39.0 Å². The molecule has 0 spiro atoms. The van der Waals surface area contributed by atoms with Crippen molar-refractivity contribution < 1.29 is 4.74 Å². The van der Waals surface area contributed by atoms with Gasteiger partial charge in [0.05, 0.1) is 0 Å². The number of nitrogens with two attached hydrogens (primary N) is 1. The zero-order valence-electron chi connectivity index (χ0n) is 10.7. The number of fused-ring (bicyclic) bond motifs is 1. The molecule has 0 saturated carbocycles. The van der Waals surface area contributed by atoms with E-state index in [1.807, 2.05) is 6.92 Å². The first-order valence-corrected chi connectivity index (χ1v) is 6.53. The van der Waals surface area contributed by atoms with Crippen LogP contribution in [0.15, 0.2) is 0 Å². The predicted molar refractivity (Wildman–Crippen MR) is 67.7 cm³/mol. The number of aryl methyl sites for hydroxylation is 1. The summed E-state index contributed by atoms with van der Waals surface area (Å²) >= 11 is 0. The quantitative estimate of drug-likeness (QED) is 0.870. The van der Waals surface area contributed by atoms with E-state index in [1.165, 1.54) is 12.8 Å². The highest BCUT2D eigenvalue weighted by molar-refractivity contribution is 5.43. The standard InChI is InChI=1S/C13H21N3O/c1-3-11(17-4-2)13-15-10-8-6-5-7-9(10)12(14)16-13/h11H,3-8H2,1-2H3,(H2,14,15,16). The Hall–Kier alpha value is -1.16. The highest BCUT2D eigenvalue weighted by Gasteiger charge is 2.20. The normalized spacial score (nSPS) is 16.6. The van der Waals surface area contributed by atoms with Gasteiger partial charge in [-0.2, -0.15) is 0 Å². The second kappa shape index (κ2) is 5.45. The molecule has 2 N–H and O–H groups in total. The summed E-state index contributed by atoms with van der Waals surface area (Å²) < 4.78 is 5.64. The van der Waals surface area contributed by atoms with Crippen LogP contribution in [-0.4, -0.2) is 16.6 Å². The molecule has 2 rings (SSSR count). The Kier molecular flexibility index (Phi) is 3.94. The molecule has 4 nitrogen and oxygen atoms in total. The van der Waals surface area contributed by atoms with Crippen LogP contribution in [0.4, 0.5) is 5.82 Å². The van der Waals surface area contributed by atoms with Gasteiger partial charge in [0, 0.05) is 17.9 Å². The van der Waals surface area contributed by atoms with Gasteiger partial charge in [-0.3, -0.25) is 0 Å². The van der Waals surface area contributed by atoms with Crippen molar-refractivity contribution in [2.24, 2.45) is 0 Å². The molecule has 0 aliphatic heterocycles. The van der Waals surface area contributed by atoms with Gasteiger partial charge in [-0.15, -0.1) is 0 Å². The number of hydrogen-bond donors (Lipinski definition) is 1. The molecule has 0 bridgehead atoms. The zero-order valence-corrected chi connectivity index (χ0v) is 10.7. The average molecular weight is 235 g/mol. The summed E-state index contributed by atoms with van der Waals surface area (Å²) in [5.74, 6) is 1.41. The van der Waals surface area contributed by atoms with Crippen LogP contribution in [0.1, 0.15) is 56.3 Å². The first kappa shape index (κ1) is 12.3. The molecule has 0 fully saturated rings. The van der Waals surface area contributed by atoms with Gasteiger partial charge in [0.25, 0.3) is 0 Å². The van der Waals surface area contributed by atoms with Crippen molar-refractivity contribution in [1.82, 2.24) is 9.97 Å². The van der Waals surface area contributed by atoms with Crippen LogP contribution in [0.3, 0.4) is 0 Å². The number of hydrogen-bond acceptors (Lipinski definition) is 4. The van der Waals surface area contributed by atoms with Crippen molar-refractivity contribution in [3.05, 3.63) is 17.1 Å². The van der Waals surface area contributed by atoms with E-state index in [2.05, 4.69) is 16.9 Å². The minimum atomic E-state index is -0.0190. The molecule has 4 heteroatoms. The van der Waals surface area contributed by atoms with Crippen molar-refractivity contribution in [1.29, 1.82) is 0 Å². The first-order valence-electron chi connectivity index (χ1n) is 6.53. The Morgan fingerprint density at radius 2 is 2.00 bits per heavy atom. The molecule has 1 aliphatic carbocycles. The van der Waals surface area contributed by atoms with E-state index in [0.29, 0.717) is 12.4 Å². The van der Waals surface area contributed by atoms with E-state index in [1.54, 1.807) is 0 Å². The predicted octanol–water partition coefficient (Wildman–Crippen LogP) is 2.43. The van der Waals surface area contributed by atoms with Crippen molar-refractivity contribution in [2.45, 2.75) is 52.1 Å². The molecule has 1 aliphatic rings. The maximum Gasteiger partial charge on any atom is 0.159 e. The number of nitrogen functional groups attached to an aromatic ring is 1. The lowest BCUT2D eigenvalue weighted by Gasteiger charge is -2.20.